The maximum atomic E-state index is 14.7. The highest BCUT2D eigenvalue weighted by atomic mass is 32.1. The predicted molar refractivity (Wildman–Crippen MR) is 105 cm³/mol. The van der Waals surface area contributed by atoms with E-state index in [9.17, 15) is 4.39 Å². The van der Waals surface area contributed by atoms with Gasteiger partial charge < -0.3 is 5.32 Å². The van der Waals surface area contributed by atoms with Gasteiger partial charge in [-0.05, 0) is 53.9 Å². The van der Waals surface area contributed by atoms with E-state index in [1.54, 1.807) is 22.1 Å². The predicted octanol–water partition coefficient (Wildman–Crippen LogP) is 4.37. The lowest BCUT2D eigenvalue weighted by molar-refractivity contribution is 0.637. The minimum absolute atomic E-state index is 0.263. The van der Waals surface area contributed by atoms with Gasteiger partial charge in [0.15, 0.2) is 5.82 Å². The van der Waals surface area contributed by atoms with Crippen molar-refractivity contribution in [3.05, 3.63) is 53.4 Å². The summed E-state index contributed by atoms with van der Waals surface area (Å²) in [4.78, 5) is 4.56. The SMILES string of the molecule is Cn1cc2cc(-c3cc(F)c4nc(C5=CCNCC5)sc4c3)ccc2n1. The van der Waals surface area contributed by atoms with Crippen LogP contribution in [-0.2, 0) is 7.05 Å². The highest BCUT2D eigenvalue weighted by molar-refractivity contribution is 7.19. The lowest BCUT2D eigenvalue weighted by Crippen LogP contribution is -2.19. The van der Waals surface area contributed by atoms with E-state index in [2.05, 4.69) is 27.5 Å². The number of halogens is 1. The van der Waals surface area contributed by atoms with Crippen LogP contribution in [0.5, 0.6) is 0 Å². The number of fused-ring (bicyclic) bond motifs is 2. The van der Waals surface area contributed by atoms with Gasteiger partial charge in [0.2, 0.25) is 0 Å². The molecular weight excluding hydrogens is 347 g/mol. The first kappa shape index (κ1) is 15.7. The van der Waals surface area contributed by atoms with Crippen LogP contribution in [0.1, 0.15) is 11.4 Å². The summed E-state index contributed by atoms with van der Waals surface area (Å²) in [5.41, 5.74) is 4.48. The first-order valence-electron chi connectivity index (χ1n) is 8.61. The van der Waals surface area contributed by atoms with Crippen molar-refractivity contribution in [2.45, 2.75) is 6.42 Å². The Morgan fingerprint density at radius 1 is 1.19 bits per heavy atom. The van der Waals surface area contributed by atoms with Crippen LogP contribution >= 0.6 is 11.3 Å². The van der Waals surface area contributed by atoms with Crippen molar-refractivity contribution in [3.63, 3.8) is 0 Å². The Labute approximate surface area is 154 Å². The molecule has 0 aliphatic carbocycles. The zero-order chi connectivity index (χ0) is 17.7. The summed E-state index contributed by atoms with van der Waals surface area (Å²) in [6.07, 6.45) is 5.06. The summed E-state index contributed by atoms with van der Waals surface area (Å²) in [6, 6.07) is 9.65. The van der Waals surface area contributed by atoms with Crippen LogP contribution in [-0.4, -0.2) is 27.9 Å². The highest BCUT2D eigenvalue weighted by Gasteiger charge is 2.15. The second-order valence-corrected chi connectivity index (χ2v) is 7.61. The van der Waals surface area contributed by atoms with Gasteiger partial charge in [-0.25, -0.2) is 9.37 Å². The minimum atomic E-state index is -0.263. The second kappa shape index (κ2) is 6.00. The number of thiazole rings is 1. The number of benzene rings is 2. The fourth-order valence-corrected chi connectivity index (χ4v) is 4.53. The molecule has 0 unspecified atom stereocenters. The number of rotatable bonds is 2. The average molecular weight is 364 g/mol. The van der Waals surface area contributed by atoms with Gasteiger partial charge in [0.1, 0.15) is 10.5 Å². The Kier molecular flexibility index (Phi) is 3.62. The van der Waals surface area contributed by atoms with Crippen LogP contribution in [0.3, 0.4) is 0 Å². The van der Waals surface area contributed by atoms with E-state index in [4.69, 9.17) is 0 Å². The maximum absolute atomic E-state index is 14.7. The molecule has 0 spiro atoms. The van der Waals surface area contributed by atoms with Crippen LogP contribution < -0.4 is 5.32 Å². The first-order valence-corrected chi connectivity index (χ1v) is 9.43. The third-order valence-electron chi connectivity index (χ3n) is 4.74. The summed E-state index contributed by atoms with van der Waals surface area (Å²) in [5.74, 6) is -0.263. The van der Waals surface area contributed by atoms with Crippen molar-refractivity contribution in [2.75, 3.05) is 13.1 Å². The third-order valence-corrected chi connectivity index (χ3v) is 5.82. The number of aromatic nitrogens is 3. The molecule has 4 aromatic rings. The highest BCUT2D eigenvalue weighted by Crippen LogP contribution is 2.34. The standard InChI is InChI=1S/C20H17FN4S/c1-25-11-15-8-13(2-3-17(15)24-25)14-9-16(21)19-18(10-14)26-20(23-19)12-4-6-22-7-5-12/h2-4,8-11,22H,5-7H2,1H3. The topological polar surface area (TPSA) is 42.7 Å². The van der Waals surface area contributed by atoms with Gasteiger partial charge in [0.05, 0.1) is 10.2 Å². The molecule has 1 aliphatic rings. The van der Waals surface area contributed by atoms with Gasteiger partial charge in [-0.1, -0.05) is 12.1 Å². The van der Waals surface area contributed by atoms with Gasteiger partial charge in [-0.3, -0.25) is 4.68 Å². The molecule has 6 heteroatoms. The molecule has 130 valence electrons. The number of hydrogen-bond acceptors (Lipinski definition) is 4. The molecular formula is C20H17FN4S. The molecule has 3 heterocycles. The summed E-state index contributed by atoms with van der Waals surface area (Å²) in [5, 5.41) is 9.67. The molecule has 0 saturated heterocycles. The quantitative estimate of drug-likeness (QED) is 0.574. The Hall–Kier alpha value is -2.57. The van der Waals surface area contributed by atoms with Crippen molar-refractivity contribution in [1.82, 2.24) is 20.1 Å². The van der Waals surface area contributed by atoms with E-state index in [1.807, 2.05) is 31.4 Å². The first-order chi connectivity index (χ1) is 12.7. The number of nitrogens with one attached hydrogen (secondary N) is 1. The Bertz CT molecular complexity index is 1170. The van der Waals surface area contributed by atoms with Crippen LogP contribution in [0.15, 0.2) is 42.6 Å². The molecule has 0 fully saturated rings. The molecule has 0 saturated carbocycles. The molecule has 4 nitrogen and oxygen atoms in total. The van der Waals surface area contributed by atoms with Crippen molar-refractivity contribution in [2.24, 2.45) is 7.05 Å². The summed E-state index contributed by atoms with van der Waals surface area (Å²) in [6.45, 7) is 1.80. The largest absolute Gasteiger partial charge is 0.313 e. The third kappa shape index (κ3) is 2.62. The van der Waals surface area contributed by atoms with Crippen LogP contribution in [0.25, 0.3) is 37.8 Å². The molecule has 0 bridgehead atoms. The lowest BCUT2D eigenvalue weighted by Gasteiger charge is -2.10. The number of nitrogens with zero attached hydrogens (tertiary/aromatic N) is 3. The van der Waals surface area contributed by atoms with Crippen LogP contribution in [0, 0.1) is 5.82 Å². The molecule has 26 heavy (non-hydrogen) atoms. The van der Waals surface area contributed by atoms with E-state index in [1.165, 1.54) is 5.57 Å². The molecule has 5 rings (SSSR count). The normalized spacial score (nSPS) is 14.9. The Morgan fingerprint density at radius 2 is 2.12 bits per heavy atom. The van der Waals surface area contributed by atoms with E-state index in [0.717, 1.165) is 51.2 Å². The molecule has 2 aromatic carbocycles. The molecule has 2 aromatic heterocycles. The molecule has 0 atom stereocenters. The monoisotopic (exact) mass is 364 g/mol. The van der Waals surface area contributed by atoms with E-state index >= 15 is 0 Å². The van der Waals surface area contributed by atoms with Crippen molar-refractivity contribution < 1.29 is 4.39 Å². The zero-order valence-corrected chi connectivity index (χ0v) is 15.1. The van der Waals surface area contributed by atoms with Gasteiger partial charge >= 0.3 is 0 Å². The van der Waals surface area contributed by atoms with Crippen LogP contribution in [0.2, 0.25) is 0 Å². The fraction of sp³-hybridized carbons (Fsp3) is 0.200. The minimum Gasteiger partial charge on any atom is -0.313 e. The fourth-order valence-electron chi connectivity index (χ4n) is 3.44. The van der Waals surface area contributed by atoms with Gasteiger partial charge in [-0.15, -0.1) is 11.3 Å². The van der Waals surface area contributed by atoms with Gasteiger partial charge in [0.25, 0.3) is 0 Å². The Morgan fingerprint density at radius 3 is 2.96 bits per heavy atom. The average Bonchev–Trinajstić information content (AvgIpc) is 3.24. The van der Waals surface area contributed by atoms with Crippen molar-refractivity contribution in [1.29, 1.82) is 0 Å². The summed E-state index contributed by atoms with van der Waals surface area (Å²) < 4.78 is 17.4. The van der Waals surface area contributed by atoms with Crippen molar-refractivity contribution >= 4 is 38.0 Å². The molecule has 0 radical (unpaired) electrons. The molecule has 0 amide bonds. The van der Waals surface area contributed by atoms with Gasteiger partial charge in [-0.2, -0.15) is 5.10 Å². The number of aryl methyl sites for hydroxylation is 1. The smallest absolute Gasteiger partial charge is 0.150 e. The maximum Gasteiger partial charge on any atom is 0.150 e. The molecule has 1 aliphatic heterocycles. The second-order valence-electron chi connectivity index (χ2n) is 6.58. The Balaban J connectivity index is 1.62. The molecule has 1 N–H and O–H groups in total. The van der Waals surface area contributed by atoms with Gasteiger partial charge in [0, 0.05) is 25.2 Å². The number of hydrogen-bond donors (Lipinski definition) is 1. The van der Waals surface area contributed by atoms with Crippen LogP contribution in [0.4, 0.5) is 4.39 Å². The lowest BCUT2D eigenvalue weighted by atomic mass is 10.0. The summed E-state index contributed by atoms with van der Waals surface area (Å²) >= 11 is 1.57. The zero-order valence-electron chi connectivity index (χ0n) is 14.3. The van der Waals surface area contributed by atoms with E-state index in [-0.39, 0.29) is 5.82 Å². The summed E-state index contributed by atoms with van der Waals surface area (Å²) in [7, 11) is 1.90. The van der Waals surface area contributed by atoms with E-state index < -0.39 is 0 Å². The van der Waals surface area contributed by atoms with E-state index in [0.29, 0.717) is 5.52 Å². The van der Waals surface area contributed by atoms with Crippen molar-refractivity contribution in [3.8, 4) is 11.1 Å².